The SMILES string of the molecule is Cc1ccc(OC(F)(F)F)cc1CC(N)C(=O)O. The van der Waals surface area contributed by atoms with Gasteiger partial charge in [0.05, 0.1) is 0 Å². The zero-order valence-electron chi connectivity index (χ0n) is 9.49. The van der Waals surface area contributed by atoms with Gasteiger partial charge in [-0.25, -0.2) is 0 Å². The minimum Gasteiger partial charge on any atom is -0.480 e. The fraction of sp³-hybridized carbons (Fsp3) is 0.364. The van der Waals surface area contributed by atoms with Crippen LogP contribution in [0, 0.1) is 6.92 Å². The van der Waals surface area contributed by atoms with Crippen molar-refractivity contribution in [2.24, 2.45) is 5.73 Å². The number of rotatable bonds is 4. The second-order valence-corrected chi connectivity index (χ2v) is 3.78. The van der Waals surface area contributed by atoms with Crippen molar-refractivity contribution in [2.75, 3.05) is 0 Å². The largest absolute Gasteiger partial charge is 0.573 e. The van der Waals surface area contributed by atoms with Gasteiger partial charge in [0.25, 0.3) is 0 Å². The third kappa shape index (κ3) is 4.25. The molecule has 18 heavy (non-hydrogen) atoms. The van der Waals surface area contributed by atoms with E-state index in [0.717, 1.165) is 6.07 Å². The van der Waals surface area contributed by atoms with Gasteiger partial charge in [0.15, 0.2) is 0 Å². The highest BCUT2D eigenvalue weighted by Gasteiger charge is 2.31. The van der Waals surface area contributed by atoms with Crippen LogP contribution in [0.15, 0.2) is 18.2 Å². The molecule has 0 aliphatic heterocycles. The van der Waals surface area contributed by atoms with E-state index >= 15 is 0 Å². The number of halogens is 3. The number of carbonyl (C=O) groups is 1. The highest BCUT2D eigenvalue weighted by Crippen LogP contribution is 2.25. The first-order valence-electron chi connectivity index (χ1n) is 5.02. The van der Waals surface area contributed by atoms with Crippen molar-refractivity contribution in [1.82, 2.24) is 0 Å². The van der Waals surface area contributed by atoms with Gasteiger partial charge < -0.3 is 15.6 Å². The Balaban J connectivity index is 2.91. The molecule has 0 aliphatic rings. The maximum atomic E-state index is 12.0. The number of ether oxygens (including phenoxy) is 1. The molecule has 1 aromatic rings. The number of hydrogen-bond acceptors (Lipinski definition) is 3. The van der Waals surface area contributed by atoms with Crippen LogP contribution in [0.3, 0.4) is 0 Å². The summed E-state index contributed by atoms with van der Waals surface area (Å²) in [7, 11) is 0. The molecule has 7 heteroatoms. The van der Waals surface area contributed by atoms with E-state index in [-0.39, 0.29) is 12.2 Å². The standard InChI is InChI=1S/C11H12F3NO3/c1-6-2-3-8(18-11(12,13)14)4-7(6)5-9(15)10(16)17/h2-4,9H,5,15H2,1H3,(H,16,17). The molecule has 0 spiro atoms. The van der Waals surface area contributed by atoms with Crippen molar-refractivity contribution >= 4 is 5.97 Å². The molecule has 0 saturated heterocycles. The zero-order valence-corrected chi connectivity index (χ0v) is 9.49. The van der Waals surface area contributed by atoms with Gasteiger partial charge in [-0.05, 0) is 36.6 Å². The summed E-state index contributed by atoms with van der Waals surface area (Å²) in [6.45, 7) is 1.65. The van der Waals surface area contributed by atoms with E-state index in [1.807, 2.05) is 0 Å². The van der Waals surface area contributed by atoms with Crippen LogP contribution >= 0.6 is 0 Å². The molecule has 100 valence electrons. The summed E-state index contributed by atoms with van der Waals surface area (Å²) in [5.41, 5.74) is 6.39. The Morgan fingerprint density at radius 1 is 1.50 bits per heavy atom. The lowest BCUT2D eigenvalue weighted by Gasteiger charge is -2.13. The van der Waals surface area contributed by atoms with Crippen molar-refractivity contribution in [3.05, 3.63) is 29.3 Å². The van der Waals surface area contributed by atoms with E-state index in [9.17, 15) is 18.0 Å². The first-order valence-corrected chi connectivity index (χ1v) is 5.02. The quantitative estimate of drug-likeness (QED) is 0.869. The van der Waals surface area contributed by atoms with Gasteiger partial charge in [0.1, 0.15) is 11.8 Å². The highest BCUT2D eigenvalue weighted by molar-refractivity contribution is 5.73. The third-order valence-electron chi connectivity index (χ3n) is 2.31. The number of benzene rings is 1. The second-order valence-electron chi connectivity index (χ2n) is 3.78. The summed E-state index contributed by atoms with van der Waals surface area (Å²) in [5.74, 6) is -1.60. The van der Waals surface area contributed by atoms with E-state index in [0.29, 0.717) is 11.1 Å². The molecular formula is C11H12F3NO3. The van der Waals surface area contributed by atoms with Gasteiger partial charge in [-0.3, -0.25) is 4.79 Å². The molecule has 0 bridgehead atoms. The van der Waals surface area contributed by atoms with Crippen LogP contribution in [0.4, 0.5) is 13.2 Å². The smallest absolute Gasteiger partial charge is 0.480 e. The molecule has 1 aromatic carbocycles. The lowest BCUT2D eigenvalue weighted by atomic mass is 10.0. The number of carboxylic acids is 1. The Labute approximate surface area is 101 Å². The molecule has 3 N–H and O–H groups in total. The molecule has 4 nitrogen and oxygen atoms in total. The molecule has 1 unspecified atom stereocenters. The molecule has 0 heterocycles. The maximum Gasteiger partial charge on any atom is 0.573 e. The molecule has 1 rings (SSSR count). The Morgan fingerprint density at radius 2 is 2.11 bits per heavy atom. The normalized spacial score (nSPS) is 13.2. The molecule has 0 aliphatic carbocycles. The monoisotopic (exact) mass is 263 g/mol. The van der Waals surface area contributed by atoms with E-state index < -0.39 is 18.4 Å². The average molecular weight is 263 g/mol. The maximum absolute atomic E-state index is 12.0. The number of alkyl halides is 3. The summed E-state index contributed by atoms with van der Waals surface area (Å²) in [4.78, 5) is 10.6. The third-order valence-corrected chi connectivity index (χ3v) is 2.31. The summed E-state index contributed by atoms with van der Waals surface area (Å²) in [6.07, 6.45) is -4.84. The minimum absolute atomic E-state index is 0.0593. The first kappa shape index (κ1) is 14.3. The molecule has 0 aromatic heterocycles. The predicted molar refractivity (Wildman–Crippen MR) is 57.2 cm³/mol. The molecular weight excluding hydrogens is 251 g/mol. The van der Waals surface area contributed by atoms with E-state index in [4.69, 9.17) is 10.8 Å². The topological polar surface area (TPSA) is 72.5 Å². The second kappa shape index (κ2) is 5.26. The van der Waals surface area contributed by atoms with Crippen LogP contribution in [0.25, 0.3) is 0 Å². The number of aliphatic carboxylic acids is 1. The summed E-state index contributed by atoms with van der Waals surface area (Å²) in [5, 5.41) is 8.65. The summed E-state index contributed by atoms with van der Waals surface area (Å²) >= 11 is 0. The van der Waals surface area contributed by atoms with Crippen molar-refractivity contribution in [2.45, 2.75) is 25.7 Å². The van der Waals surface area contributed by atoms with E-state index in [1.165, 1.54) is 12.1 Å². The van der Waals surface area contributed by atoms with Gasteiger partial charge in [-0.15, -0.1) is 13.2 Å². The van der Waals surface area contributed by atoms with E-state index in [1.54, 1.807) is 6.92 Å². The number of hydrogen-bond donors (Lipinski definition) is 2. The van der Waals surface area contributed by atoms with Crippen LogP contribution in [-0.4, -0.2) is 23.5 Å². The number of aryl methyl sites for hydroxylation is 1. The van der Waals surface area contributed by atoms with Crippen LogP contribution in [0.1, 0.15) is 11.1 Å². The fourth-order valence-electron chi connectivity index (χ4n) is 1.39. The predicted octanol–water partition coefficient (Wildman–Crippen LogP) is 1.85. The van der Waals surface area contributed by atoms with Gasteiger partial charge in [0, 0.05) is 0 Å². The van der Waals surface area contributed by atoms with Crippen molar-refractivity contribution < 1.29 is 27.8 Å². The number of carboxylic acid groups (broad SMARTS) is 1. The van der Waals surface area contributed by atoms with Gasteiger partial charge in [-0.2, -0.15) is 0 Å². The van der Waals surface area contributed by atoms with Gasteiger partial charge in [0.2, 0.25) is 0 Å². The lowest BCUT2D eigenvalue weighted by Crippen LogP contribution is -2.32. The van der Waals surface area contributed by atoms with Crippen molar-refractivity contribution in [1.29, 1.82) is 0 Å². The van der Waals surface area contributed by atoms with Crippen LogP contribution in [-0.2, 0) is 11.2 Å². The lowest BCUT2D eigenvalue weighted by molar-refractivity contribution is -0.274. The number of nitrogens with two attached hydrogens (primary N) is 1. The Hall–Kier alpha value is -1.76. The molecule has 0 saturated carbocycles. The average Bonchev–Trinajstić information content (AvgIpc) is 2.20. The van der Waals surface area contributed by atoms with Crippen LogP contribution in [0.2, 0.25) is 0 Å². The van der Waals surface area contributed by atoms with Crippen LogP contribution < -0.4 is 10.5 Å². The first-order chi connectivity index (χ1) is 8.19. The van der Waals surface area contributed by atoms with E-state index in [2.05, 4.69) is 4.74 Å². The summed E-state index contributed by atoms with van der Waals surface area (Å²) < 4.78 is 39.8. The van der Waals surface area contributed by atoms with Gasteiger partial charge in [-0.1, -0.05) is 6.07 Å². The molecule has 0 amide bonds. The van der Waals surface area contributed by atoms with Crippen LogP contribution in [0.5, 0.6) is 5.75 Å². The Bertz CT molecular complexity index is 446. The summed E-state index contributed by atoms with van der Waals surface area (Å²) in [6, 6.07) is 2.57. The molecule has 0 radical (unpaired) electrons. The minimum atomic E-state index is -4.78. The highest BCUT2D eigenvalue weighted by atomic mass is 19.4. The molecule has 1 atom stereocenters. The molecule has 0 fully saturated rings. The van der Waals surface area contributed by atoms with Gasteiger partial charge >= 0.3 is 12.3 Å². The van der Waals surface area contributed by atoms with Crippen molar-refractivity contribution in [3.63, 3.8) is 0 Å². The Kier molecular flexibility index (Phi) is 4.18. The Morgan fingerprint density at radius 3 is 2.61 bits per heavy atom. The zero-order chi connectivity index (χ0) is 13.9. The fourth-order valence-corrected chi connectivity index (χ4v) is 1.39. The van der Waals surface area contributed by atoms with Crippen molar-refractivity contribution in [3.8, 4) is 5.75 Å².